The van der Waals surface area contributed by atoms with Gasteiger partial charge in [0.15, 0.2) is 0 Å². The molecule has 0 spiro atoms. The van der Waals surface area contributed by atoms with Crippen LogP contribution in [0.2, 0.25) is 0 Å². The van der Waals surface area contributed by atoms with Gasteiger partial charge in [-0.3, -0.25) is 4.79 Å². The van der Waals surface area contributed by atoms with Crippen LogP contribution in [0.15, 0.2) is 24.3 Å². The van der Waals surface area contributed by atoms with Crippen molar-refractivity contribution in [3.8, 4) is 0 Å². The van der Waals surface area contributed by atoms with Gasteiger partial charge >= 0.3 is 0 Å². The van der Waals surface area contributed by atoms with Gasteiger partial charge in [0.1, 0.15) is 6.10 Å². The lowest BCUT2D eigenvalue weighted by molar-refractivity contribution is -0.132. The lowest BCUT2D eigenvalue weighted by atomic mass is 10.1. The summed E-state index contributed by atoms with van der Waals surface area (Å²) in [6, 6.07) is 7.99. The molecule has 2 heterocycles. The monoisotopic (exact) mass is 260 g/mol. The summed E-state index contributed by atoms with van der Waals surface area (Å²) in [5.41, 5.74) is 2.13. The molecule has 1 amide bonds. The number of hydrogen-bond donors (Lipinski definition) is 2. The van der Waals surface area contributed by atoms with E-state index in [9.17, 15) is 4.79 Å². The summed E-state index contributed by atoms with van der Waals surface area (Å²) >= 11 is 0. The van der Waals surface area contributed by atoms with E-state index < -0.39 is 0 Å². The maximum absolute atomic E-state index is 12.2. The number of fused-ring (bicyclic) bond motifs is 1. The number of nitrogens with one attached hydrogen (secondary N) is 2. The molecular weight excluding hydrogens is 240 g/mol. The first-order valence-corrected chi connectivity index (χ1v) is 7.08. The van der Waals surface area contributed by atoms with Crippen molar-refractivity contribution in [1.82, 2.24) is 5.32 Å². The van der Waals surface area contributed by atoms with E-state index in [1.807, 2.05) is 18.2 Å². The minimum absolute atomic E-state index is 0.00414. The third-order valence-corrected chi connectivity index (χ3v) is 3.85. The number of amides is 1. The first-order chi connectivity index (χ1) is 9.33. The van der Waals surface area contributed by atoms with E-state index in [0.29, 0.717) is 0 Å². The Morgan fingerprint density at radius 2 is 2.11 bits per heavy atom. The molecule has 102 valence electrons. The molecule has 0 aliphatic carbocycles. The number of aryl methyl sites for hydroxylation is 1. The molecule has 19 heavy (non-hydrogen) atoms. The largest absolute Gasteiger partial charge is 0.364 e. The number of piperidine rings is 1. The van der Waals surface area contributed by atoms with E-state index in [2.05, 4.69) is 16.7 Å². The lowest BCUT2D eigenvalue weighted by Gasteiger charge is -2.26. The van der Waals surface area contributed by atoms with Crippen LogP contribution in [0.4, 0.5) is 5.69 Å². The van der Waals surface area contributed by atoms with Gasteiger partial charge in [-0.25, -0.2) is 0 Å². The highest BCUT2D eigenvalue weighted by molar-refractivity contribution is 5.95. The molecule has 0 radical (unpaired) electrons. The lowest BCUT2D eigenvalue weighted by Crippen LogP contribution is -2.40. The Kier molecular flexibility index (Phi) is 3.80. The van der Waals surface area contributed by atoms with Crippen LogP contribution in [-0.4, -0.2) is 31.2 Å². The normalized spacial score (nSPS) is 27.3. The molecule has 4 heteroatoms. The number of benzene rings is 1. The maximum Gasteiger partial charge on any atom is 0.253 e. The molecule has 0 bridgehead atoms. The fourth-order valence-corrected chi connectivity index (χ4v) is 2.79. The molecule has 2 aliphatic heterocycles. The molecule has 0 aromatic heterocycles. The second-order valence-electron chi connectivity index (χ2n) is 5.28. The van der Waals surface area contributed by atoms with Gasteiger partial charge in [0.05, 0.1) is 6.10 Å². The van der Waals surface area contributed by atoms with E-state index >= 15 is 0 Å². The summed E-state index contributed by atoms with van der Waals surface area (Å²) < 4.78 is 5.98. The quantitative estimate of drug-likeness (QED) is 0.851. The smallest absolute Gasteiger partial charge is 0.253 e. The van der Waals surface area contributed by atoms with Crippen LogP contribution < -0.4 is 10.6 Å². The molecule has 1 aromatic carbocycles. The van der Waals surface area contributed by atoms with Crippen LogP contribution in [-0.2, 0) is 16.0 Å². The number of para-hydroxylation sites is 1. The van der Waals surface area contributed by atoms with Crippen molar-refractivity contribution in [2.45, 2.75) is 37.9 Å². The first kappa shape index (κ1) is 12.6. The minimum Gasteiger partial charge on any atom is -0.364 e. The highest BCUT2D eigenvalue weighted by Crippen LogP contribution is 2.23. The van der Waals surface area contributed by atoms with Gasteiger partial charge in [-0.2, -0.15) is 0 Å². The van der Waals surface area contributed by atoms with Gasteiger partial charge < -0.3 is 15.4 Å². The van der Waals surface area contributed by atoms with E-state index in [4.69, 9.17) is 4.74 Å². The number of ether oxygens (including phenoxy) is 1. The molecule has 0 saturated carbocycles. The zero-order valence-electron chi connectivity index (χ0n) is 11.0. The Labute approximate surface area is 113 Å². The number of carbonyl (C=O) groups is 1. The predicted octanol–water partition coefficient (Wildman–Crippen LogP) is 1.71. The fourth-order valence-electron chi connectivity index (χ4n) is 2.79. The first-order valence-electron chi connectivity index (χ1n) is 7.08. The van der Waals surface area contributed by atoms with Crippen molar-refractivity contribution in [3.63, 3.8) is 0 Å². The van der Waals surface area contributed by atoms with Crippen LogP contribution in [0.5, 0.6) is 0 Å². The Morgan fingerprint density at radius 1 is 1.21 bits per heavy atom. The molecule has 1 aromatic rings. The maximum atomic E-state index is 12.2. The van der Waals surface area contributed by atoms with Gasteiger partial charge in [0, 0.05) is 12.2 Å². The van der Waals surface area contributed by atoms with Crippen molar-refractivity contribution < 1.29 is 9.53 Å². The van der Waals surface area contributed by atoms with Crippen LogP contribution in [0.1, 0.15) is 24.8 Å². The van der Waals surface area contributed by atoms with Crippen molar-refractivity contribution in [2.75, 3.05) is 18.4 Å². The van der Waals surface area contributed by atoms with Crippen LogP contribution >= 0.6 is 0 Å². The molecule has 2 atom stereocenters. The number of hydrogen-bond acceptors (Lipinski definition) is 3. The fraction of sp³-hybridized carbons (Fsp3) is 0.533. The van der Waals surface area contributed by atoms with Gasteiger partial charge in [0.2, 0.25) is 0 Å². The van der Waals surface area contributed by atoms with Crippen LogP contribution in [0, 0.1) is 0 Å². The van der Waals surface area contributed by atoms with E-state index in [0.717, 1.165) is 44.5 Å². The standard InChI is InChI=1S/C15H20N2O2/c18-15-14(19-12-5-3-9-16-10-12)8-7-11-4-1-2-6-13(11)17-15/h1-2,4,6,12,14,16H,3,5,7-10H2,(H,17,18)/t12-,14?/m0/s1. The zero-order chi connectivity index (χ0) is 13.1. The molecule has 1 fully saturated rings. The Balaban J connectivity index is 1.66. The summed E-state index contributed by atoms with van der Waals surface area (Å²) in [6.45, 7) is 1.92. The Morgan fingerprint density at radius 3 is 2.95 bits per heavy atom. The number of anilines is 1. The average molecular weight is 260 g/mol. The molecule has 2 N–H and O–H groups in total. The van der Waals surface area contributed by atoms with Crippen molar-refractivity contribution in [2.24, 2.45) is 0 Å². The summed E-state index contributed by atoms with van der Waals surface area (Å²) in [5, 5.41) is 6.29. The molecule has 1 unspecified atom stereocenters. The van der Waals surface area contributed by atoms with Crippen LogP contribution in [0.25, 0.3) is 0 Å². The number of carbonyl (C=O) groups excluding carboxylic acids is 1. The van der Waals surface area contributed by atoms with E-state index in [1.54, 1.807) is 0 Å². The minimum atomic E-state index is -0.322. The van der Waals surface area contributed by atoms with E-state index in [1.165, 1.54) is 5.56 Å². The van der Waals surface area contributed by atoms with Gasteiger partial charge in [-0.15, -0.1) is 0 Å². The second-order valence-corrected chi connectivity index (χ2v) is 5.28. The topological polar surface area (TPSA) is 50.4 Å². The molecular formula is C15H20N2O2. The van der Waals surface area contributed by atoms with Gasteiger partial charge in [-0.05, 0) is 43.9 Å². The highest BCUT2D eigenvalue weighted by Gasteiger charge is 2.27. The molecule has 1 saturated heterocycles. The van der Waals surface area contributed by atoms with Crippen molar-refractivity contribution in [3.05, 3.63) is 29.8 Å². The second kappa shape index (κ2) is 5.72. The Bertz CT molecular complexity index is 455. The third-order valence-electron chi connectivity index (χ3n) is 3.85. The van der Waals surface area contributed by atoms with Crippen molar-refractivity contribution >= 4 is 11.6 Å². The number of rotatable bonds is 2. The molecule has 2 aliphatic rings. The van der Waals surface area contributed by atoms with Crippen LogP contribution in [0.3, 0.4) is 0 Å². The van der Waals surface area contributed by atoms with Crippen molar-refractivity contribution in [1.29, 1.82) is 0 Å². The summed E-state index contributed by atoms with van der Waals surface area (Å²) in [6.07, 6.45) is 3.67. The third kappa shape index (κ3) is 2.96. The Hall–Kier alpha value is -1.39. The molecule has 4 nitrogen and oxygen atoms in total. The SMILES string of the molecule is O=C1Nc2ccccc2CCC1O[C@H]1CCCNC1. The van der Waals surface area contributed by atoms with E-state index in [-0.39, 0.29) is 18.1 Å². The zero-order valence-corrected chi connectivity index (χ0v) is 11.0. The summed E-state index contributed by atoms with van der Waals surface area (Å²) in [5.74, 6) is -0.00414. The predicted molar refractivity (Wildman–Crippen MR) is 74.2 cm³/mol. The summed E-state index contributed by atoms with van der Waals surface area (Å²) in [4.78, 5) is 12.2. The summed E-state index contributed by atoms with van der Waals surface area (Å²) in [7, 11) is 0. The highest BCUT2D eigenvalue weighted by atomic mass is 16.5. The average Bonchev–Trinajstić information content (AvgIpc) is 2.60. The molecule has 3 rings (SSSR count). The van der Waals surface area contributed by atoms with Gasteiger partial charge in [0.25, 0.3) is 5.91 Å². The van der Waals surface area contributed by atoms with Gasteiger partial charge in [-0.1, -0.05) is 18.2 Å².